The van der Waals surface area contributed by atoms with Gasteiger partial charge in [0.25, 0.3) is 5.91 Å². The molecule has 0 radical (unpaired) electrons. The minimum Gasteiger partial charge on any atom is -0.485 e. The van der Waals surface area contributed by atoms with Crippen LogP contribution in [-0.2, 0) is 11.3 Å². The number of nitrogens with zero attached hydrogens (tertiary/aromatic N) is 4. The molecule has 8 nitrogen and oxygen atoms in total. The summed E-state index contributed by atoms with van der Waals surface area (Å²) >= 11 is 0. The van der Waals surface area contributed by atoms with E-state index < -0.39 is 6.10 Å². The second kappa shape index (κ2) is 8.35. The van der Waals surface area contributed by atoms with Gasteiger partial charge in [-0.3, -0.25) is 9.69 Å². The number of amides is 1. The number of fused-ring (bicyclic) bond motifs is 1. The zero-order chi connectivity index (χ0) is 21.2. The Kier molecular flexibility index (Phi) is 5.25. The average Bonchev–Trinajstić information content (AvgIpc) is 3.27. The smallest absolute Gasteiger partial charge is 0.267 e. The third-order valence-electron chi connectivity index (χ3n) is 5.40. The summed E-state index contributed by atoms with van der Waals surface area (Å²) in [6.45, 7) is 3.24. The van der Waals surface area contributed by atoms with Crippen LogP contribution in [0, 0.1) is 5.82 Å². The fraction of sp³-hybridized carbons (Fsp3) is 0.318. The van der Waals surface area contributed by atoms with Gasteiger partial charge in [-0.25, -0.2) is 4.39 Å². The molecule has 3 heterocycles. The summed E-state index contributed by atoms with van der Waals surface area (Å²) in [6.07, 6.45) is -0.629. The lowest BCUT2D eigenvalue weighted by atomic mass is 10.2. The minimum absolute atomic E-state index is 0.0643. The van der Waals surface area contributed by atoms with E-state index in [1.807, 2.05) is 18.2 Å². The first kappa shape index (κ1) is 19.5. The molecule has 2 aliphatic heterocycles. The Morgan fingerprint density at radius 2 is 1.77 bits per heavy atom. The molecule has 0 aliphatic carbocycles. The number of carbonyl (C=O) groups excluding carboxylic acids is 1. The van der Waals surface area contributed by atoms with Crippen molar-refractivity contribution in [2.75, 3.05) is 32.8 Å². The van der Waals surface area contributed by atoms with Gasteiger partial charge in [-0.1, -0.05) is 17.3 Å². The number of benzene rings is 2. The number of rotatable bonds is 4. The third-order valence-corrected chi connectivity index (χ3v) is 5.40. The number of aromatic nitrogens is 2. The highest BCUT2D eigenvalue weighted by Crippen LogP contribution is 2.31. The van der Waals surface area contributed by atoms with E-state index in [0.29, 0.717) is 61.5 Å². The zero-order valence-electron chi connectivity index (χ0n) is 16.7. The number of carbonyl (C=O) groups is 1. The fourth-order valence-electron chi connectivity index (χ4n) is 3.70. The topological polar surface area (TPSA) is 80.9 Å². The van der Waals surface area contributed by atoms with Crippen molar-refractivity contribution < 1.29 is 23.2 Å². The Labute approximate surface area is 178 Å². The van der Waals surface area contributed by atoms with Crippen molar-refractivity contribution in [3.8, 4) is 22.9 Å². The number of hydrogen-bond acceptors (Lipinski definition) is 7. The van der Waals surface area contributed by atoms with Crippen LogP contribution in [-0.4, -0.2) is 64.7 Å². The first-order valence-corrected chi connectivity index (χ1v) is 10.1. The van der Waals surface area contributed by atoms with Gasteiger partial charge in [0.15, 0.2) is 11.5 Å². The highest BCUT2D eigenvalue weighted by atomic mass is 19.1. The average molecular weight is 424 g/mol. The first-order valence-electron chi connectivity index (χ1n) is 10.1. The van der Waals surface area contributed by atoms with E-state index in [1.54, 1.807) is 23.1 Å². The monoisotopic (exact) mass is 424 g/mol. The number of para-hydroxylation sites is 2. The Bertz CT molecular complexity index is 1060. The normalized spacial score (nSPS) is 18.7. The molecule has 2 aromatic carbocycles. The number of halogens is 1. The lowest BCUT2D eigenvalue weighted by Gasteiger charge is -2.36. The molecule has 1 unspecified atom stereocenters. The van der Waals surface area contributed by atoms with Gasteiger partial charge in [-0.15, -0.1) is 0 Å². The molecule has 31 heavy (non-hydrogen) atoms. The molecular weight excluding hydrogens is 403 g/mol. The standard InChI is InChI=1S/C22H21FN4O4/c23-16-7-5-15(6-8-16)21-24-20(31-25-21)13-26-9-11-27(12-10-26)22(28)19-14-29-17-3-1-2-4-18(17)30-19/h1-8,19H,9-14H2. The highest BCUT2D eigenvalue weighted by Gasteiger charge is 2.32. The molecule has 1 atom stereocenters. The molecule has 0 saturated carbocycles. The number of piperazine rings is 1. The van der Waals surface area contributed by atoms with Crippen molar-refractivity contribution in [1.29, 1.82) is 0 Å². The van der Waals surface area contributed by atoms with E-state index >= 15 is 0 Å². The summed E-state index contributed by atoms with van der Waals surface area (Å²) in [5.41, 5.74) is 0.697. The Morgan fingerprint density at radius 1 is 1.03 bits per heavy atom. The molecule has 0 N–H and O–H groups in total. The summed E-state index contributed by atoms with van der Waals surface area (Å²) in [5.74, 6) is 1.80. The van der Waals surface area contributed by atoms with Gasteiger partial charge >= 0.3 is 0 Å². The lowest BCUT2D eigenvalue weighted by Crippen LogP contribution is -2.53. The SMILES string of the molecule is O=C(C1COc2ccccc2O1)N1CCN(Cc2nc(-c3ccc(F)cc3)no2)CC1. The maximum atomic E-state index is 13.1. The van der Waals surface area contributed by atoms with Crippen LogP contribution in [0.4, 0.5) is 4.39 Å². The van der Waals surface area contributed by atoms with E-state index in [-0.39, 0.29) is 18.3 Å². The summed E-state index contributed by atoms with van der Waals surface area (Å²) in [5, 5.41) is 3.97. The Balaban J connectivity index is 1.14. The molecule has 160 valence electrons. The maximum absolute atomic E-state index is 13.1. The van der Waals surface area contributed by atoms with Gasteiger partial charge in [-0.2, -0.15) is 4.98 Å². The summed E-state index contributed by atoms with van der Waals surface area (Å²) < 4.78 is 29.9. The van der Waals surface area contributed by atoms with Crippen molar-refractivity contribution in [1.82, 2.24) is 19.9 Å². The molecule has 1 fully saturated rings. The van der Waals surface area contributed by atoms with E-state index in [4.69, 9.17) is 14.0 Å². The molecule has 5 rings (SSSR count). The third kappa shape index (κ3) is 4.22. The first-order chi connectivity index (χ1) is 15.2. The summed E-state index contributed by atoms with van der Waals surface area (Å²) in [6, 6.07) is 13.3. The minimum atomic E-state index is -0.629. The van der Waals surface area contributed by atoms with Gasteiger partial charge in [0.05, 0.1) is 6.54 Å². The van der Waals surface area contributed by atoms with Crippen molar-refractivity contribution in [2.45, 2.75) is 12.6 Å². The van der Waals surface area contributed by atoms with Crippen molar-refractivity contribution in [3.63, 3.8) is 0 Å². The Hall–Kier alpha value is -3.46. The van der Waals surface area contributed by atoms with E-state index in [9.17, 15) is 9.18 Å². The molecule has 3 aromatic rings. The van der Waals surface area contributed by atoms with Crippen LogP contribution in [0.3, 0.4) is 0 Å². The van der Waals surface area contributed by atoms with Crippen molar-refractivity contribution in [3.05, 3.63) is 60.2 Å². The van der Waals surface area contributed by atoms with Gasteiger partial charge in [0.2, 0.25) is 17.8 Å². The van der Waals surface area contributed by atoms with Gasteiger partial charge in [0.1, 0.15) is 12.4 Å². The van der Waals surface area contributed by atoms with Crippen molar-refractivity contribution >= 4 is 5.91 Å². The molecule has 1 amide bonds. The Morgan fingerprint density at radius 3 is 2.55 bits per heavy atom. The molecule has 2 aliphatic rings. The highest BCUT2D eigenvalue weighted by molar-refractivity contribution is 5.82. The van der Waals surface area contributed by atoms with Crippen LogP contribution < -0.4 is 9.47 Å². The molecule has 1 aromatic heterocycles. The maximum Gasteiger partial charge on any atom is 0.267 e. The van der Waals surface area contributed by atoms with Gasteiger partial charge in [0, 0.05) is 31.7 Å². The quantitative estimate of drug-likeness (QED) is 0.636. The molecule has 9 heteroatoms. The number of ether oxygens (including phenoxy) is 2. The van der Waals surface area contributed by atoms with Crippen LogP contribution >= 0.6 is 0 Å². The van der Waals surface area contributed by atoms with Crippen molar-refractivity contribution in [2.24, 2.45) is 0 Å². The largest absolute Gasteiger partial charge is 0.485 e. The van der Waals surface area contributed by atoms with Crippen LogP contribution in [0.1, 0.15) is 5.89 Å². The molecular formula is C22H21FN4O4. The van der Waals surface area contributed by atoms with Gasteiger partial charge < -0.3 is 18.9 Å². The summed E-state index contributed by atoms with van der Waals surface area (Å²) in [7, 11) is 0. The zero-order valence-corrected chi connectivity index (χ0v) is 16.7. The van der Waals surface area contributed by atoms with E-state index in [2.05, 4.69) is 15.0 Å². The molecule has 0 bridgehead atoms. The lowest BCUT2D eigenvalue weighted by molar-refractivity contribution is -0.143. The predicted octanol–water partition coefficient (Wildman–Crippen LogP) is 2.36. The molecule has 1 saturated heterocycles. The summed E-state index contributed by atoms with van der Waals surface area (Å²) in [4.78, 5) is 21.2. The van der Waals surface area contributed by atoms with Crippen LogP contribution in [0.5, 0.6) is 11.5 Å². The second-order valence-electron chi connectivity index (χ2n) is 7.48. The predicted molar refractivity (Wildman–Crippen MR) is 108 cm³/mol. The van der Waals surface area contributed by atoms with E-state index in [1.165, 1.54) is 12.1 Å². The van der Waals surface area contributed by atoms with Crippen LogP contribution in [0.15, 0.2) is 53.1 Å². The molecule has 0 spiro atoms. The van der Waals surface area contributed by atoms with Gasteiger partial charge in [-0.05, 0) is 36.4 Å². The van der Waals surface area contributed by atoms with E-state index in [0.717, 1.165) is 0 Å². The fourth-order valence-corrected chi connectivity index (χ4v) is 3.70. The second-order valence-corrected chi connectivity index (χ2v) is 7.48. The van der Waals surface area contributed by atoms with Crippen LogP contribution in [0.2, 0.25) is 0 Å². The van der Waals surface area contributed by atoms with Crippen LogP contribution in [0.25, 0.3) is 11.4 Å². The number of hydrogen-bond donors (Lipinski definition) is 0.